The van der Waals surface area contributed by atoms with Crippen molar-refractivity contribution in [1.29, 1.82) is 0 Å². The highest BCUT2D eigenvalue weighted by Gasteiger charge is 2.45. The molecule has 0 radical (unpaired) electrons. The van der Waals surface area contributed by atoms with Crippen LogP contribution >= 0.6 is 28.6 Å². The number of rotatable bonds is 7. The molecule has 0 aliphatic carbocycles. The van der Waals surface area contributed by atoms with Crippen molar-refractivity contribution in [3.8, 4) is 0 Å². The topological polar surface area (TPSA) is 146 Å². The third-order valence-electron chi connectivity index (χ3n) is 5.46. The number of nitrogens with two attached hydrogens (primary N) is 1. The summed E-state index contributed by atoms with van der Waals surface area (Å²) in [5, 5.41) is 20.5. The number of aromatic nitrogens is 2. The lowest BCUT2D eigenvalue weighted by molar-refractivity contribution is -0.0508. The van der Waals surface area contributed by atoms with E-state index in [4.69, 9.17) is 41.9 Å². The molecule has 1 fully saturated rings. The first-order chi connectivity index (χ1) is 13.5. The molecule has 2 unspecified atom stereocenters. The standard InChI is InChI=1S/C16H28Cl2N3O7PSi/c1-16(2,3)30(4,5)27-7-9-6-21(15(24)20-13(9)19)14-12(23)11(22)10(28-14)8-26-29(17,18)25/h6,10-12,14,22-23H,7-8H2,1-5H3,(H2,19,20,24)/t10-,11?,12?,14-/m1/s1. The molecule has 30 heavy (non-hydrogen) atoms. The number of aliphatic hydroxyl groups excluding tert-OH is 2. The normalized spacial score (nSPS) is 25.6. The molecule has 172 valence electrons. The van der Waals surface area contributed by atoms with Crippen molar-refractivity contribution in [2.75, 3.05) is 12.3 Å². The lowest BCUT2D eigenvalue weighted by atomic mass is 10.1. The number of aliphatic hydroxyl groups is 2. The van der Waals surface area contributed by atoms with Crippen molar-refractivity contribution in [2.45, 2.75) is 70.1 Å². The van der Waals surface area contributed by atoms with Gasteiger partial charge >= 0.3 is 11.8 Å². The molecule has 2 heterocycles. The highest BCUT2D eigenvalue weighted by atomic mass is 35.9. The summed E-state index contributed by atoms with van der Waals surface area (Å²) >= 11 is 10.7. The van der Waals surface area contributed by atoms with E-state index in [0.29, 0.717) is 5.56 Å². The molecule has 1 aromatic heterocycles. The minimum absolute atomic E-state index is 0.00750. The smallest absolute Gasteiger partial charge is 0.380 e. The molecule has 0 aromatic carbocycles. The number of nitrogens with zero attached hydrogens (tertiary/aromatic N) is 2. The molecule has 0 spiro atoms. The van der Waals surface area contributed by atoms with Crippen molar-refractivity contribution in [3.05, 3.63) is 22.2 Å². The Morgan fingerprint density at radius 2 is 1.93 bits per heavy atom. The van der Waals surface area contributed by atoms with Gasteiger partial charge in [-0.3, -0.25) is 9.13 Å². The SMILES string of the molecule is CC(C)(C)[Si](C)(C)OCc1cn([C@@H]2O[C@H](COP(=O)(Cl)Cl)C(O)C2O)c(=O)nc1N. The van der Waals surface area contributed by atoms with Crippen LogP contribution in [-0.4, -0.2) is 53.0 Å². The number of hydrogen-bond acceptors (Lipinski definition) is 9. The summed E-state index contributed by atoms with van der Waals surface area (Å²) < 4.78 is 28.7. The van der Waals surface area contributed by atoms with Crippen molar-refractivity contribution in [2.24, 2.45) is 0 Å². The maximum atomic E-state index is 12.4. The number of nitrogen functional groups attached to an aromatic ring is 1. The Hall–Kier alpha value is -0.493. The van der Waals surface area contributed by atoms with Crippen LogP contribution in [0.1, 0.15) is 32.6 Å². The molecule has 0 bridgehead atoms. The predicted octanol–water partition coefficient (Wildman–Crippen LogP) is 2.57. The first-order valence-corrected chi connectivity index (χ1v) is 15.5. The highest BCUT2D eigenvalue weighted by Crippen LogP contribution is 2.57. The Labute approximate surface area is 185 Å². The van der Waals surface area contributed by atoms with Crippen LogP contribution in [0.3, 0.4) is 0 Å². The Morgan fingerprint density at radius 1 is 1.33 bits per heavy atom. The van der Waals surface area contributed by atoms with E-state index in [9.17, 15) is 19.6 Å². The van der Waals surface area contributed by atoms with Crippen LogP contribution in [0.5, 0.6) is 0 Å². The largest absolute Gasteiger partial charge is 0.412 e. The van der Waals surface area contributed by atoms with Gasteiger partial charge in [0.05, 0.1) is 13.2 Å². The van der Waals surface area contributed by atoms with E-state index in [0.717, 1.165) is 4.57 Å². The molecule has 10 nitrogen and oxygen atoms in total. The van der Waals surface area contributed by atoms with Gasteiger partial charge in [0, 0.05) is 11.8 Å². The fraction of sp³-hybridized carbons (Fsp3) is 0.750. The number of anilines is 1. The van der Waals surface area contributed by atoms with Gasteiger partial charge in [0.2, 0.25) is 0 Å². The van der Waals surface area contributed by atoms with Gasteiger partial charge in [-0.15, -0.1) is 0 Å². The first-order valence-electron chi connectivity index (χ1n) is 9.20. The Balaban J connectivity index is 2.24. The second-order valence-electron chi connectivity index (χ2n) is 8.65. The summed E-state index contributed by atoms with van der Waals surface area (Å²) in [6.07, 6.45) is -7.79. The lowest BCUT2D eigenvalue weighted by Crippen LogP contribution is -2.41. The second kappa shape index (κ2) is 9.17. The zero-order chi connectivity index (χ0) is 23.1. The summed E-state index contributed by atoms with van der Waals surface area (Å²) in [7, 11) is -2.10. The maximum Gasteiger partial charge on any atom is 0.380 e. The number of ether oxygens (including phenoxy) is 1. The monoisotopic (exact) mass is 503 g/mol. The van der Waals surface area contributed by atoms with E-state index in [1.165, 1.54) is 6.20 Å². The zero-order valence-electron chi connectivity index (χ0n) is 17.4. The van der Waals surface area contributed by atoms with Crippen LogP contribution in [-0.2, 0) is 24.9 Å². The summed E-state index contributed by atoms with van der Waals surface area (Å²) in [4.78, 5) is 16.1. The van der Waals surface area contributed by atoms with Crippen LogP contribution in [0.4, 0.5) is 5.82 Å². The molecule has 14 heteroatoms. The Bertz CT molecular complexity index is 873. The molecule has 1 saturated heterocycles. The number of hydrogen-bond donors (Lipinski definition) is 3. The molecule has 0 amide bonds. The first kappa shape index (κ1) is 25.8. The van der Waals surface area contributed by atoms with Gasteiger partial charge in [-0.05, 0) is 40.6 Å². The third kappa shape index (κ3) is 6.05. The van der Waals surface area contributed by atoms with Gasteiger partial charge in [0.1, 0.15) is 24.1 Å². The van der Waals surface area contributed by atoms with Crippen LogP contribution in [0.15, 0.2) is 11.0 Å². The third-order valence-corrected chi connectivity index (χ3v) is 11.0. The fourth-order valence-electron chi connectivity index (χ4n) is 2.55. The van der Waals surface area contributed by atoms with Crippen LogP contribution in [0, 0.1) is 0 Å². The van der Waals surface area contributed by atoms with E-state index in [1.807, 2.05) is 0 Å². The molecule has 4 atom stereocenters. The van der Waals surface area contributed by atoms with Crippen molar-refractivity contribution in [1.82, 2.24) is 9.55 Å². The van der Waals surface area contributed by atoms with Crippen molar-refractivity contribution < 1.29 is 28.5 Å². The quantitative estimate of drug-likeness (QED) is 0.377. The van der Waals surface area contributed by atoms with Gasteiger partial charge in [-0.2, -0.15) is 4.98 Å². The summed E-state index contributed by atoms with van der Waals surface area (Å²) in [5.41, 5.74) is 5.55. The second-order valence-corrected chi connectivity index (χ2v) is 17.7. The van der Waals surface area contributed by atoms with Crippen LogP contribution < -0.4 is 11.4 Å². The van der Waals surface area contributed by atoms with Crippen LogP contribution in [0.2, 0.25) is 18.1 Å². The van der Waals surface area contributed by atoms with Gasteiger partial charge in [0.15, 0.2) is 14.5 Å². The minimum Gasteiger partial charge on any atom is -0.412 e. The van der Waals surface area contributed by atoms with E-state index >= 15 is 0 Å². The summed E-state index contributed by atoms with van der Waals surface area (Å²) in [5.74, 6) is 0.00750. The van der Waals surface area contributed by atoms with E-state index < -0.39 is 51.2 Å². The fourth-order valence-corrected chi connectivity index (χ4v) is 4.15. The van der Waals surface area contributed by atoms with Gasteiger partial charge < -0.3 is 29.6 Å². The lowest BCUT2D eigenvalue weighted by Gasteiger charge is -2.36. The average Bonchev–Trinajstić information content (AvgIpc) is 2.86. The zero-order valence-corrected chi connectivity index (χ0v) is 20.8. The minimum atomic E-state index is -3.86. The Kier molecular flexibility index (Phi) is 7.87. The van der Waals surface area contributed by atoms with Gasteiger partial charge in [-0.25, -0.2) is 4.79 Å². The molecule has 1 aromatic rings. The van der Waals surface area contributed by atoms with Crippen molar-refractivity contribution in [3.63, 3.8) is 0 Å². The number of halogens is 2. The maximum absolute atomic E-state index is 12.4. The molecule has 2 rings (SSSR count). The van der Waals surface area contributed by atoms with E-state index in [-0.39, 0.29) is 17.5 Å². The van der Waals surface area contributed by atoms with Gasteiger partial charge in [0.25, 0.3) is 0 Å². The molecule has 1 aliphatic rings. The van der Waals surface area contributed by atoms with Crippen molar-refractivity contribution >= 4 is 42.7 Å². The highest BCUT2D eigenvalue weighted by molar-refractivity contribution is 8.05. The molecule has 1 aliphatic heterocycles. The summed E-state index contributed by atoms with van der Waals surface area (Å²) in [6.45, 7) is 10.1. The predicted molar refractivity (Wildman–Crippen MR) is 116 cm³/mol. The van der Waals surface area contributed by atoms with E-state index in [2.05, 4.69) is 38.8 Å². The Morgan fingerprint density at radius 3 is 2.47 bits per heavy atom. The molecular formula is C16H28Cl2N3O7PSi. The molecule has 0 saturated carbocycles. The van der Waals surface area contributed by atoms with Gasteiger partial charge in [-0.1, -0.05) is 20.8 Å². The molecular weight excluding hydrogens is 476 g/mol. The molecule has 4 N–H and O–H groups in total. The summed E-state index contributed by atoms with van der Waals surface area (Å²) in [6, 6.07) is 0. The average molecular weight is 504 g/mol. The van der Waals surface area contributed by atoms with Crippen LogP contribution in [0.25, 0.3) is 0 Å². The van der Waals surface area contributed by atoms with E-state index in [1.54, 1.807) is 0 Å².